The smallest absolute Gasteiger partial charge is 0.311 e. The summed E-state index contributed by atoms with van der Waals surface area (Å²) in [5, 5.41) is 1.10. The molecule has 0 aliphatic carbocycles. The average molecular weight is 456 g/mol. The molecule has 0 bridgehead atoms. The molecule has 0 fully saturated rings. The van der Waals surface area contributed by atoms with Crippen LogP contribution in [0.5, 0.6) is 34.5 Å². The molecule has 0 unspecified atom stereocenters. The first-order valence-corrected chi connectivity index (χ1v) is 11.1. The van der Waals surface area contributed by atoms with E-state index in [1.165, 1.54) is 0 Å². The van der Waals surface area contributed by atoms with E-state index in [4.69, 9.17) is 18.9 Å². The van der Waals surface area contributed by atoms with Crippen LogP contribution in [-0.4, -0.2) is 11.9 Å². The van der Waals surface area contributed by atoms with Gasteiger partial charge < -0.3 is 18.9 Å². The molecule has 4 rings (SSSR count). The third-order valence-corrected chi connectivity index (χ3v) is 4.97. The molecule has 0 aliphatic heterocycles. The zero-order valence-electron chi connectivity index (χ0n) is 18.9. The van der Waals surface area contributed by atoms with Gasteiger partial charge in [-0.1, -0.05) is 74.5 Å². The lowest BCUT2D eigenvalue weighted by molar-refractivity contribution is -0.135. The van der Waals surface area contributed by atoms with Crippen molar-refractivity contribution in [3.63, 3.8) is 0 Å². The number of hydrogen-bond acceptors (Lipinski definition) is 6. The zero-order valence-corrected chi connectivity index (χ0v) is 18.9. The second-order valence-electron chi connectivity index (χ2n) is 7.35. The first-order chi connectivity index (χ1) is 16.6. The molecule has 0 aliphatic rings. The molecule has 4 aromatic rings. The quantitative estimate of drug-likeness (QED) is 0.209. The minimum atomic E-state index is -0.438. The Morgan fingerprint density at radius 3 is 1.24 bits per heavy atom. The maximum Gasteiger partial charge on any atom is 0.311 e. The summed E-state index contributed by atoms with van der Waals surface area (Å²) in [7, 11) is 0. The van der Waals surface area contributed by atoms with Crippen LogP contribution in [0.4, 0.5) is 0 Å². The van der Waals surface area contributed by atoms with Crippen molar-refractivity contribution in [2.75, 3.05) is 0 Å². The highest BCUT2D eigenvalue weighted by Gasteiger charge is 2.28. The van der Waals surface area contributed by atoms with Gasteiger partial charge in [-0.3, -0.25) is 9.59 Å². The number of fused-ring (bicyclic) bond motifs is 1. The summed E-state index contributed by atoms with van der Waals surface area (Å²) in [6, 6.07) is 25.3. The molecule has 6 heteroatoms. The van der Waals surface area contributed by atoms with Gasteiger partial charge in [0.25, 0.3) is 0 Å². The number of rotatable bonds is 8. The number of carbonyl (C=O) groups is 2. The molecule has 0 radical (unpaired) electrons. The van der Waals surface area contributed by atoms with Crippen molar-refractivity contribution in [3.8, 4) is 34.5 Å². The standard InChI is InChI=1S/C28H24O6/c1-3-23(29)33-25-21-17-11-12-18-22(21)26(34-24(30)4-2)28(32-20-15-9-6-10-16-20)27(25)31-19-13-7-5-8-14-19/h5-18H,3-4H2,1-2H3. The highest BCUT2D eigenvalue weighted by atomic mass is 16.6. The Labute approximate surface area is 197 Å². The monoisotopic (exact) mass is 456 g/mol. The summed E-state index contributed by atoms with van der Waals surface area (Å²) < 4.78 is 24.0. The van der Waals surface area contributed by atoms with Crippen molar-refractivity contribution in [2.45, 2.75) is 26.7 Å². The predicted octanol–water partition coefficient (Wildman–Crippen LogP) is 7.06. The van der Waals surface area contributed by atoms with Crippen LogP contribution in [0.15, 0.2) is 84.9 Å². The topological polar surface area (TPSA) is 71.1 Å². The van der Waals surface area contributed by atoms with E-state index in [0.717, 1.165) is 0 Å². The van der Waals surface area contributed by atoms with Crippen LogP contribution in [-0.2, 0) is 9.59 Å². The lowest BCUT2D eigenvalue weighted by atomic mass is 10.1. The molecule has 0 amide bonds. The van der Waals surface area contributed by atoms with E-state index in [-0.39, 0.29) is 35.8 Å². The highest BCUT2D eigenvalue weighted by molar-refractivity contribution is 6.01. The van der Waals surface area contributed by atoms with Gasteiger partial charge in [-0.25, -0.2) is 0 Å². The van der Waals surface area contributed by atoms with Crippen LogP contribution in [0.25, 0.3) is 10.8 Å². The average Bonchev–Trinajstić information content (AvgIpc) is 2.88. The molecule has 34 heavy (non-hydrogen) atoms. The van der Waals surface area contributed by atoms with E-state index in [0.29, 0.717) is 22.3 Å². The molecule has 172 valence electrons. The lowest BCUT2D eigenvalue weighted by Gasteiger charge is -2.21. The molecule has 0 saturated carbocycles. The molecule has 0 heterocycles. The van der Waals surface area contributed by atoms with Crippen molar-refractivity contribution in [1.29, 1.82) is 0 Å². The zero-order chi connectivity index (χ0) is 23.9. The molecule has 0 saturated heterocycles. The Balaban J connectivity index is 2.03. The van der Waals surface area contributed by atoms with Gasteiger partial charge in [0.2, 0.25) is 11.5 Å². The Morgan fingerprint density at radius 2 is 0.882 bits per heavy atom. The lowest BCUT2D eigenvalue weighted by Crippen LogP contribution is -2.10. The van der Waals surface area contributed by atoms with Gasteiger partial charge in [-0.15, -0.1) is 0 Å². The first kappa shape index (κ1) is 22.9. The molecule has 6 nitrogen and oxygen atoms in total. The largest absolute Gasteiger partial charge is 0.449 e. The van der Waals surface area contributed by atoms with Crippen molar-refractivity contribution in [3.05, 3.63) is 84.9 Å². The second kappa shape index (κ2) is 10.5. The van der Waals surface area contributed by atoms with Crippen molar-refractivity contribution < 1.29 is 28.5 Å². The second-order valence-corrected chi connectivity index (χ2v) is 7.35. The van der Waals surface area contributed by atoms with Crippen molar-refractivity contribution in [1.82, 2.24) is 0 Å². The van der Waals surface area contributed by atoms with Gasteiger partial charge in [-0.2, -0.15) is 0 Å². The number of hydrogen-bond donors (Lipinski definition) is 0. The van der Waals surface area contributed by atoms with Gasteiger partial charge in [-0.05, 0) is 24.3 Å². The van der Waals surface area contributed by atoms with E-state index in [1.807, 2.05) is 36.4 Å². The number of benzene rings is 4. The summed E-state index contributed by atoms with van der Waals surface area (Å²) in [4.78, 5) is 24.8. The predicted molar refractivity (Wildman–Crippen MR) is 129 cm³/mol. The van der Waals surface area contributed by atoms with Crippen LogP contribution in [0.1, 0.15) is 26.7 Å². The Bertz CT molecular complexity index is 1200. The fourth-order valence-electron chi connectivity index (χ4n) is 3.30. The van der Waals surface area contributed by atoms with Crippen molar-refractivity contribution in [2.24, 2.45) is 0 Å². The van der Waals surface area contributed by atoms with Crippen molar-refractivity contribution >= 4 is 22.7 Å². The maximum atomic E-state index is 12.4. The number of esters is 2. The minimum Gasteiger partial charge on any atom is -0.449 e. The summed E-state index contributed by atoms with van der Waals surface area (Å²) in [6.07, 6.45) is 0.334. The Kier molecular flexibility index (Phi) is 7.08. The summed E-state index contributed by atoms with van der Waals surface area (Å²) in [5.41, 5.74) is 0. The molecule has 0 aromatic heterocycles. The summed E-state index contributed by atoms with van der Waals surface area (Å²) in [5.74, 6) is 0.763. The van der Waals surface area contributed by atoms with Crippen LogP contribution in [0.3, 0.4) is 0 Å². The third kappa shape index (κ3) is 5.02. The van der Waals surface area contributed by atoms with Crippen LogP contribution >= 0.6 is 0 Å². The van der Waals surface area contributed by atoms with Crippen LogP contribution in [0, 0.1) is 0 Å². The minimum absolute atomic E-state index is 0.134. The fraction of sp³-hybridized carbons (Fsp3) is 0.143. The SMILES string of the molecule is CCC(=O)Oc1c(Oc2ccccc2)c(Oc2ccccc2)c(OC(=O)CC)c2ccccc12. The van der Waals surface area contributed by atoms with Gasteiger partial charge >= 0.3 is 11.9 Å². The molecule has 0 spiro atoms. The van der Waals surface area contributed by atoms with E-state index < -0.39 is 11.9 Å². The molecule has 4 aromatic carbocycles. The van der Waals surface area contributed by atoms with E-state index in [1.54, 1.807) is 62.4 Å². The maximum absolute atomic E-state index is 12.4. The Morgan fingerprint density at radius 1 is 0.529 bits per heavy atom. The fourth-order valence-corrected chi connectivity index (χ4v) is 3.30. The van der Waals surface area contributed by atoms with E-state index in [2.05, 4.69) is 0 Å². The Hall–Kier alpha value is -4.32. The van der Waals surface area contributed by atoms with Gasteiger partial charge in [0.1, 0.15) is 11.5 Å². The number of carbonyl (C=O) groups excluding carboxylic acids is 2. The third-order valence-electron chi connectivity index (χ3n) is 4.97. The van der Waals surface area contributed by atoms with E-state index >= 15 is 0 Å². The molecule has 0 atom stereocenters. The van der Waals surface area contributed by atoms with Crippen LogP contribution in [0.2, 0.25) is 0 Å². The molecular formula is C28H24O6. The summed E-state index contributed by atoms with van der Waals surface area (Å²) >= 11 is 0. The number of ether oxygens (including phenoxy) is 4. The number of para-hydroxylation sites is 2. The van der Waals surface area contributed by atoms with E-state index in [9.17, 15) is 9.59 Å². The van der Waals surface area contributed by atoms with Gasteiger partial charge in [0, 0.05) is 23.6 Å². The highest BCUT2D eigenvalue weighted by Crippen LogP contribution is 2.54. The summed E-state index contributed by atoms with van der Waals surface area (Å²) in [6.45, 7) is 3.42. The first-order valence-electron chi connectivity index (χ1n) is 11.1. The van der Waals surface area contributed by atoms with Gasteiger partial charge in [0.05, 0.1) is 0 Å². The van der Waals surface area contributed by atoms with Crippen LogP contribution < -0.4 is 18.9 Å². The van der Waals surface area contributed by atoms with Gasteiger partial charge in [0.15, 0.2) is 11.5 Å². The normalized spacial score (nSPS) is 10.5. The molecular weight excluding hydrogens is 432 g/mol. The molecule has 0 N–H and O–H groups in total.